The molecule has 1 aromatic carbocycles. The highest BCUT2D eigenvalue weighted by Crippen LogP contribution is 2.27. The third-order valence-corrected chi connectivity index (χ3v) is 4.39. The van der Waals surface area contributed by atoms with Crippen molar-refractivity contribution >= 4 is 11.6 Å². The summed E-state index contributed by atoms with van der Waals surface area (Å²) in [6, 6.07) is 4.57. The van der Waals surface area contributed by atoms with Crippen molar-refractivity contribution in [2.45, 2.75) is 44.6 Å². The molecule has 1 saturated heterocycles. The molecule has 0 aliphatic carbocycles. The van der Waals surface area contributed by atoms with Crippen LogP contribution in [0.1, 0.15) is 41.6 Å². The van der Waals surface area contributed by atoms with E-state index in [9.17, 15) is 13.6 Å². The van der Waals surface area contributed by atoms with E-state index in [-0.39, 0.29) is 5.91 Å². The van der Waals surface area contributed by atoms with Crippen molar-refractivity contribution in [3.63, 3.8) is 0 Å². The van der Waals surface area contributed by atoms with Gasteiger partial charge in [-0.05, 0) is 55.9 Å². The zero-order valence-electron chi connectivity index (χ0n) is 11.9. The Bertz CT molecular complexity index is 533. The van der Waals surface area contributed by atoms with Crippen molar-refractivity contribution in [1.29, 1.82) is 0 Å². The van der Waals surface area contributed by atoms with Gasteiger partial charge in [0.2, 0.25) is 0 Å². The van der Waals surface area contributed by atoms with Crippen molar-refractivity contribution in [3.8, 4) is 0 Å². The third-order valence-electron chi connectivity index (χ3n) is 4.39. The molecule has 0 spiro atoms. The fourth-order valence-electron chi connectivity index (χ4n) is 3.25. The number of likely N-dealkylation sites (tertiary alicyclic amines) is 1. The summed E-state index contributed by atoms with van der Waals surface area (Å²) in [5, 5.41) is 3.29. The molecule has 0 radical (unpaired) electrons. The minimum Gasteiger partial charge on any atom is -0.385 e. The quantitative estimate of drug-likeness (QED) is 0.907. The molecule has 0 saturated carbocycles. The van der Waals surface area contributed by atoms with Crippen LogP contribution in [0.2, 0.25) is 0 Å². The van der Waals surface area contributed by atoms with E-state index in [0.717, 1.165) is 43.5 Å². The monoisotopic (exact) mass is 294 g/mol. The van der Waals surface area contributed by atoms with Crippen molar-refractivity contribution < 1.29 is 13.6 Å². The molecule has 3 nitrogen and oxygen atoms in total. The number of alkyl halides is 2. The summed E-state index contributed by atoms with van der Waals surface area (Å²) in [4.78, 5) is 13.9. The van der Waals surface area contributed by atoms with Crippen LogP contribution in [0.5, 0.6) is 0 Å². The van der Waals surface area contributed by atoms with Gasteiger partial charge in [-0.15, -0.1) is 0 Å². The molecule has 1 atom stereocenters. The van der Waals surface area contributed by atoms with E-state index in [1.807, 2.05) is 12.1 Å². The van der Waals surface area contributed by atoms with Crippen LogP contribution in [0.4, 0.5) is 14.5 Å². The van der Waals surface area contributed by atoms with Gasteiger partial charge in [-0.3, -0.25) is 4.79 Å². The minimum atomic E-state index is -2.46. The number of anilines is 1. The molecule has 2 heterocycles. The fraction of sp³-hybridized carbons (Fsp3) is 0.562. The number of piperidine rings is 1. The van der Waals surface area contributed by atoms with Gasteiger partial charge in [0.05, 0.1) is 6.04 Å². The molecule has 0 aromatic heterocycles. The summed E-state index contributed by atoms with van der Waals surface area (Å²) in [6.07, 6.45) is 1.48. The lowest BCUT2D eigenvalue weighted by Crippen LogP contribution is -2.47. The highest BCUT2D eigenvalue weighted by atomic mass is 19.3. The Balaban J connectivity index is 1.83. The van der Waals surface area contributed by atoms with E-state index < -0.39 is 12.5 Å². The number of fused-ring (bicyclic) bond motifs is 1. The zero-order chi connectivity index (χ0) is 14.8. The number of nitrogens with zero attached hydrogens (tertiary/aromatic N) is 1. The first-order valence-electron chi connectivity index (χ1n) is 7.63. The van der Waals surface area contributed by atoms with Gasteiger partial charge in [-0.1, -0.05) is 0 Å². The summed E-state index contributed by atoms with van der Waals surface area (Å²) in [5.41, 5.74) is 2.70. The van der Waals surface area contributed by atoms with Crippen LogP contribution in [0.3, 0.4) is 0 Å². The number of carbonyl (C=O) groups excluding carboxylic acids is 1. The summed E-state index contributed by atoms with van der Waals surface area (Å²) >= 11 is 0. The smallest absolute Gasteiger partial charge is 0.258 e. The number of carbonyl (C=O) groups is 1. The van der Waals surface area contributed by atoms with E-state index in [0.29, 0.717) is 18.5 Å². The Morgan fingerprint density at radius 3 is 2.95 bits per heavy atom. The van der Waals surface area contributed by atoms with Crippen LogP contribution >= 0.6 is 0 Å². The Kier molecular flexibility index (Phi) is 4.08. The predicted octanol–water partition coefficient (Wildman–Crippen LogP) is 3.30. The maximum Gasteiger partial charge on any atom is 0.258 e. The molecule has 21 heavy (non-hydrogen) atoms. The van der Waals surface area contributed by atoms with Crippen LogP contribution in [0, 0.1) is 0 Å². The first-order chi connectivity index (χ1) is 10.2. The Hall–Kier alpha value is -1.65. The molecule has 1 amide bonds. The van der Waals surface area contributed by atoms with Crippen LogP contribution in [0.25, 0.3) is 0 Å². The summed E-state index contributed by atoms with van der Waals surface area (Å²) in [6.45, 7) is 1.38. The van der Waals surface area contributed by atoms with Gasteiger partial charge in [0.15, 0.2) is 0 Å². The Morgan fingerprint density at radius 2 is 2.14 bits per heavy atom. The second kappa shape index (κ2) is 6.00. The molecule has 1 fully saturated rings. The number of hydrogen-bond acceptors (Lipinski definition) is 2. The highest BCUT2D eigenvalue weighted by molar-refractivity contribution is 5.95. The number of nitrogens with one attached hydrogen (secondary N) is 1. The first kappa shape index (κ1) is 14.3. The molecule has 2 aliphatic rings. The number of halogens is 2. The zero-order valence-corrected chi connectivity index (χ0v) is 11.9. The largest absolute Gasteiger partial charge is 0.385 e. The molecular weight excluding hydrogens is 274 g/mol. The highest BCUT2D eigenvalue weighted by Gasteiger charge is 2.33. The summed E-state index contributed by atoms with van der Waals surface area (Å²) in [5.74, 6) is -0.256. The molecular formula is C16H20F2N2O. The van der Waals surface area contributed by atoms with E-state index in [4.69, 9.17) is 0 Å². The van der Waals surface area contributed by atoms with Gasteiger partial charge in [0.1, 0.15) is 0 Å². The Labute approximate surface area is 123 Å². The fourth-order valence-corrected chi connectivity index (χ4v) is 3.25. The first-order valence-corrected chi connectivity index (χ1v) is 7.63. The van der Waals surface area contributed by atoms with Gasteiger partial charge in [-0.2, -0.15) is 0 Å². The van der Waals surface area contributed by atoms with Gasteiger partial charge >= 0.3 is 0 Å². The lowest BCUT2D eigenvalue weighted by Gasteiger charge is -2.35. The molecule has 114 valence electrons. The van der Waals surface area contributed by atoms with Crippen LogP contribution < -0.4 is 5.32 Å². The number of hydrogen-bond donors (Lipinski definition) is 1. The number of aryl methyl sites for hydroxylation is 1. The number of amides is 1. The van der Waals surface area contributed by atoms with Crippen molar-refractivity contribution in [2.75, 3.05) is 18.4 Å². The molecule has 5 heteroatoms. The second-order valence-electron chi connectivity index (χ2n) is 5.80. The van der Waals surface area contributed by atoms with Gasteiger partial charge in [-0.25, -0.2) is 8.78 Å². The normalized spacial score (nSPS) is 21.9. The van der Waals surface area contributed by atoms with Crippen molar-refractivity contribution in [2.24, 2.45) is 0 Å². The minimum absolute atomic E-state index is 0.256. The molecule has 3 rings (SSSR count). The molecule has 1 aromatic rings. The number of rotatable bonds is 2. The predicted molar refractivity (Wildman–Crippen MR) is 77.9 cm³/mol. The Morgan fingerprint density at radius 1 is 1.29 bits per heavy atom. The summed E-state index contributed by atoms with van der Waals surface area (Å²) in [7, 11) is 0. The topological polar surface area (TPSA) is 32.3 Å². The summed E-state index contributed by atoms with van der Waals surface area (Å²) < 4.78 is 26.2. The number of benzene rings is 1. The van der Waals surface area contributed by atoms with Crippen molar-refractivity contribution in [3.05, 3.63) is 29.3 Å². The third kappa shape index (κ3) is 2.87. The molecule has 0 bridgehead atoms. The maximum absolute atomic E-state index is 13.1. The van der Waals surface area contributed by atoms with Gasteiger partial charge in [0, 0.05) is 24.3 Å². The molecule has 1 N–H and O–H groups in total. The maximum atomic E-state index is 13.1. The van der Waals surface area contributed by atoms with Gasteiger partial charge in [0.25, 0.3) is 12.3 Å². The molecule has 2 aliphatic heterocycles. The van der Waals surface area contributed by atoms with Crippen LogP contribution in [-0.2, 0) is 6.42 Å². The lowest BCUT2D eigenvalue weighted by molar-refractivity contribution is 0.00684. The van der Waals surface area contributed by atoms with E-state index in [1.54, 1.807) is 6.07 Å². The van der Waals surface area contributed by atoms with Crippen LogP contribution in [-0.4, -0.2) is 36.4 Å². The van der Waals surface area contributed by atoms with E-state index in [1.165, 1.54) is 4.90 Å². The van der Waals surface area contributed by atoms with Crippen LogP contribution in [0.15, 0.2) is 18.2 Å². The van der Waals surface area contributed by atoms with Crippen molar-refractivity contribution in [1.82, 2.24) is 4.90 Å². The second-order valence-corrected chi connectivity index (χ2v) is 5.80. The van der Waals surface area contributed by atoms with E-state index >= 15 is 0 Å². The van der Waals surface area contributed by atoms with E-state index in [2.05, 4.69) is 5.32 Å². The lowest BCUT2D eigenvalue weighted by atomic mass is 9.98. The SMILES string of the molecule is O=C(c1ccc2c(c1)CCCN2)N1CCCCC1C(F)F. The average molecular weight is 294 g/mol. The average Bonchev–Trinajstić information content (AvgIpc) is 2.53. The molecule has 1 unspecified atom stereocenters. The van der Waals surface area contributed by atoms with Gasteiger partial charge < -0.3 is 10.2 Å². The standard InChI is InChI=1S/C16H20F2N2O/c17-15(18)14-5-1-2-9-20(14)16(21)12-6-7-13-11(10-12)4-3-8-19-13/h6-7,10,14-15,19H,1-5,8-9H2.